The Morgan fingerprint density at radius 1 is 1.25 bits per heavy atom. The summed E-state index contributed by atoms with van der Waals surface area (Å²) in [6.45, 7) is 16.2. The van der Waals surface area contributed by atoms with Crippen LogP contribution >= 0.6 is 0 Å². The lowest BCUT2D eigenvalue weighted by Gasteiger charge is -2.44. The third kappa shape index (κ3) is 8.05. The van der Waals surface area contributed by atoms with Crippen LogP contribution in [0.4, 0.5) is 0 Å². The van der Waals surface area contributed by atoms with Gasteiger partial charge in [-0.3, -0.25) is 4.79 Å². The number of fused-ring (bicyclic) bond motifs is 1. The molecule has 4 heteroatoms. The average Bonchev–Trinajstić information content (AvgIpc) is 3.15. The highest BCUT2D eigenvalue weighted by Gasteiger charge is 2.50. The van der Waals surface area contributed by atoms with Gasteiger partial charge in [0.1, 0.15) is 0 Å². The number of ether oxygens (including phenoxy) is 1. The molecule has 0 heterocycles. The van der Waals surface area contributed by atoms with Gasteiger partial charge in [0.2, 0.25) is 5.91 Å². The first-order chi connectivity index (χ1) is 17.0. The van der Waals surface area contributed by atoms with Crippen LogP contribution in [0.1, 0.15) is 112 Å². The summed E-state index contributed by atoms with van der Waals surface area (Å²) in [6, 6.07) is 0. The summed E-state index contributed by atoms with van der Waals surface area (Å²) in [5, 5.41) is 13.0. The van der Waals surface area contributed by atoms with Crippen LogP contribution in [0.15, 0.2) is 35.5 Å². The van der Waals surface area contributed by atoms with Crippen molar-refractivity contribution in [1.29, 1.82) is 0 Å². The summed E-state index contributed by atoms with van der Waals surface area (Å²) in [7, 11) is 0. The smallest absolute Gasteiger partial charge is 0.216 e. The molecule has 0 radical (unpaired) electrons. The minimum atomic E-state index is -0.546. The molecule has 0 aliphatic heterocycles. The molecule has 0 aromatic heterocycles. The van der Waals surface area contributed by atoms with Crippen molar-refractivity contribution in [3.63, 3.8) is 0 Å². The van der Waals surface area contributed by atoms with Gasteiger partial charge in [-0.25, -0.2) is 0 Å². The van der Waals surface area contributed by atoms with Crippen LogP contribution in [0.5, 0.6) is 0 Å². The number of carbonyl (C=O) groups is 1. The maximum absolute atomic E-state index is 11.0. The molecule has 3 saturated carbocycles. The fourth-order valence-corrected chi connectivity index (χ4v) is 7.38. The Hall–Kier alpha value is -1.39. The molecule has 204 valence electrons. The number of allylic oxidation sites excluding steroid dienone is 4. The lowest BCUT2D eigenvalue weighted by Crippen LogP contribution is -2.36. The fraction of sp³-hybridized carbons (Fsp3) is 0.781. The van der Waals surface area contributed by atoms with E-state index in [1.54, 1.807) is 12.5 Å². The Morgan fingerprint density at radius 3 is 2.75 bits per heavy atom. The number of hydrogen-bond donors (Lipinski definition) is 2. The molecular weight excluding hydrogens is 446 g/mol. The second kappa shape index (κ2) is 12.9. The largest absolute Gasteiger partial charge is 0.390 e. The van der Waals surface area contributed by atoms with Gasteiger partial charge < -0.3 is 15.2 Å². The topological polar surface area (TPSA) is 58.6 Å². The van der Waals surface area contributed by atoms with E-state index in [1.165, 1.54) is 49.7 Å². The molecule has 3 aliphatic carbocycles. The van der Waals surface area contributed by atoms with Gasteiger partial charge in [0, 0.05) is 20.1 Å². The molecule has 3 rings (SSSR count). The minimum Gasteiger partial charge on any atom is -0.390 e. The monoisotopic (exact) mass is 499 g/mol. The number of aliphatic hydroxyl groups is 1. The predicted octanol–water partition coefficient (Wildman–Crippen LogP) is 7.28. The molecule has 4 nitrogen and oxygen atoms in total. The van der Waals surface area contributed by atoms with Crippen molar-refractivity contribution in [1.82, 2.24) is 5.32 Å². The fourth-order valence-electron chi connectivity index (χ4n) is 7.38. The SMILES string of the molecule is C=C1CC[C@H](OCCCNC(C)=O)C/C1=C/C=C1\CCC[C@@]2(C)C1CCC2[C@H](C)CCCC(C)(C)O. The molecule has 0 aromatic carbocycles. The minimum absolute atomic E-state index is 0.0230. The summed E-state index contributed by atoms with van der Waals surface area (Å²) >= 11 is 0. The van der Waals surface area contributed by atoms with Crippen molar-refractivity contribution in [3.05, 3.63) is 35.5 Å². The number of amides is 1. The molecule has 1 amide bonds. The van der Waals surface area contributed by atoms with Crippen LogP contribution in [0.25, 0.3) is 0 Å². The van der Waals surface area contributed by atoms with Gasteiger partial charge >= 0.3 is 0 Å². The van der Waals surface area contributed by atoms with Gasteiger partial charge in [0.15, 0.2) is 0 Å². The van der Waals surface area contributed by atoms with Gasteiger partial charge in [0.25, 0.3) is 0 Å². The third-order valence-electron chi connectivity index (χ3n) is 9.39. The van der Waals surface area contributed by atoms with Gasteiger partial charge in [0.05, 0.1) is 11.7 Å². The van der Waals surface area contributed by atoms with Crippen LogP contribution < -0.4 is 5.32 Å². The predicted molar refractivity (Wildman–Crippen MR) is 150 cm³/mol. The van der Waals surface area contributed by atoms with E-state index in [4.69, 9.17) is 4.74 Å². The van der Waals surface area contributed by atoms with Crippen molar-refractivity contribution < 1.29 is 14.6 Å². The van der Waals surface area contributed by atoms with E-state index in [2.05, 4.69) is 37.9 Å². The molecule has 3 aliphatic rings. The van der Waals surface area contributed by atoms with Gasteiger partial charge in [-0.15, -0.1) is 0 Å². The van der Waals surface area contributed by atoms with Crippen LogP contribution in [0.2, 0.25) is 0 Å². The van der Waals surface area contributed by atoms with Gasteiger partial charge in [-0.2, -0.15) is 0 Å². The summed E-state index contributed by atoms with van der Waals surface area (Å²) in [6.07, 6.45) is 18.8. The zero-order valence-electron chi connectivity index (χ0n) is 23.8. The van der Waals surface area contributed by atoms with Crippen molar-refractivity contribution in [2.24, 2.45) is 23.2 Å². The zero-order chi connectivity index (χ0) is 26.3. The lowest BCUT2D eigenvalue weighted by molar-refractivity contribution is -0.119. The number of hydrogen-bond acceptors (Lipinski definition) is 3. The van der Waals surface area contributed by atoms with Crippen LogP contribution in [-0.4, -0.2) is 35.9 Å². The normalized spacial score (nSPS) is 32.1. The molecule has 3 fully saturated rings. The highest BCUT2D eigenvalue weighted by molar-refractivity contribution is 5.72. The third-order valence-corrected chi connectivity index (χ3v) is 9.39. The van der Waals surface area contributed by atoms with Crippen LogP contribution in [-0.2, 0) is 9.53 Å². The Kier molecular flexibility index (Phi) is 10.5. The van der Waals surface area contributed by atoms with E-state index < -0.39 is 5.60 Å². The molecular formula is C32H53NO3. The first-order valence-electron chi connectivity index (χ1n) is 14.7. The van der Waals surface area contributed by atoms with E-state index in [9.17, 15) is 9.90 Å². The lowest BCUT2D eigenvalue weighted by atomic mass is 9.60. The van der Waals surface area contributed by atoms with E-state index >= 15 is 0 Å². The first-order valence-corrected chi connectivity index (χ1v) is 14.7. The Labute approximate surface area is 221 Å². The number of nitrogens with one attached hydrogen (secondary N) is 1. The van der Waals surface area contributed by atoms with Crippen molar-refractivity contribution in [3.8, 4) is 0 Å². The Bertz CT molecular complexity index is 820. The van der Waals surface area contributed by atoms with E-state index in [0.717, 1.165) is 50.4 Å². The Balaban J connectivity index is 1.58. The molecule has 2 N–H and O–H groups in total. The highest BCUT2D eigenvalue weighted by atomic mass is 16.5. The maximum Gasteiger partial charge on any atom is 0.216 e. The number of carbonyl (C=O) groups excluding carboxylic acids is 1. The Morgan fingerprint density at radius 2 is 2.03 bits per heavy atom. The highest BCUT2D eigenvalue weighted by Crippen LogP contribution is 2.60. The van der Waals surface area contributed by atoms with Gasteiger partial charge in [-0.1, -0.05) is 56.6 Å². The molecule has 0 saturated heterocycles. The first kappa shape index (κ1) is 29.2. The van der Waals surface area contributed by atoms with E-state index in [0.29, 0.717) is 24.5 Å². The van der Waals surface area contributed by atoms with Crippen molar-refractivity contribution in [2.75, 3.05) is 13.2 Å². The second-order valence-electron chi connectivity index (χ2n) is 12.9. The zero-order valence-corrected chi connectivity index (χ0v) is 23.8. The van der Waals surface area contributed by atoms with Gasteiger partial charge in [-0.05, 0) is 107 Å². The quantitative estimate of drug-likeness (QED) is 0.294. The second-order valence-corrected chi connectivity index (χ2v) is 12.9. The molecule has 0 aromatic rings. The molecule has 36 heavy (non-hydrogen) atoms. The standard InChI is InChI=1S/C32H53NO3/c1-23-12-15-28(36-21-9-20-33-25(3)34)22-27(23)14-13-26-11-8-19-32(6)29(16-17-30(26)32)24(2)10-7-18-31(4,5)35/h13-14,24,28-30,35H,1,7-12,15-22H2,2-6H3,(H,33,34)/b26-13+,27-14-/t24-,28+,29?,30?,32-/m1/s1. The summed E-state index contributed by atoms with van der Waals surface area (Å²) in [5.41, 5.74) is 4.17. The van der Waals surface area contributed by atoms with Crippen molar-refractivity contribution >= 4 is 5.91 Å². The van der Waals surface area contributed by atoms with E-state index in [-0.39, 0.29) is 12.0 Å². The summed E-state index contributed by atoms with van der Waals surface area (Å²) < 4.78 is 6.14. The summed E-state index contributed by atoms with van der Waals surface area (Å²) in [5.74, 6) is 2.25. The van der Waals surface area contributed by atoms with Crippen LogP contribution in [0.3, 0.4) is 0 Å². The van der Waals surface area contributed by atoms with Crippen molar-refractivity contribution in [2.45, 2.75) is 123 Å². The number of rotatable bonds is 11. The maximum atomic E-state index is 11.0. The molecule has 5 atom stereocenters. The summed E-state index contributed by atoms with van der Waals surface area (Å²) in [4.78, 5) is 11.0. The molecule has 2 unspecified atom stereocenters. The molecule has 0 bridgehead atoms. The van der Waals surface area contributed by atoms with Crippen LogP contribution in [0, 0.1) is 23.2 Å². The van der Waals surface area contributed by atoms with E-state index in [1.807, 2.05) is 13.8 Å². The average molecular weight is 500 g/mol. The molecule has 0 spiro atoms.